The molecule has 1 aliphatic heterocycles. The third-order valence-corrected chi connectivity index (χ3v) is 4.87. The summed E-state index contributed by atoms with van der Waals surface area (Å²) in [7, 11) is 3.60. The largest absolute Gasteiger partial charge is 0.369 e. The lowest BCUT2D eigenvalue weighted by atomic mass is 10.0. The number of aryl methyl sites for hydroxylation is 1. The maximum atomic E-state index is 12.3. The Bertz CT molecular complexity index is 798. The van der Waals surface area contributed by atoms with E-state index < -0.39 is 0 Å². The lowest BCUT2D eigenvalue weighted by Crippen LogP contribution is -2.25. The summed E-state index contributed by atoms with van der Waals surface area (Å²) in [6.07, 6.45) is 5.78. The fourth-order valence-electron chi connectivity index (χ4n) is 3.39. The SMILES string of the molecule is CNC(=O)c1cc2c(nc1NCC(C)C)CCN(Cc1cnn(C)c1)CC2. The number of aromatic nitrogens is 3. The van der Waals surface area contributed by atoms with Crippen molar-refractivity contribution in [2.45, 2.75) is 33.2 Å². The molecule has 146 valence electrons. The van der Waals surface area contributed by atoms with Gasteiger partial charge in [-0.2, -0.15) is 5.10 Å². The van der Waals surface area contributed by atoms with Crippen LogP contribution >= 0.6 is 0 Å². The van der Waals surface area contributed by atoms with Crippen LogP contribution in [0.25, 0.3) is 0 Å². The maximum Gasteiger partial charge on any atom is 0.254 e. The third-order valence-electron chi connectivity index (χ3n) is 4.87. The van der Waals surface area contributed by atoms with E-state index >= 15 is 0 Å². The van der Waals surface area contributed by atoms with Gasteiger partial charge in [-0.3, -0.25) is 14.4 Å². The van der Waals surface area contributed by atoms with Crippen LogP contribution in [0.2, 0.25) is 0 Å². The van der Waals surface area contributed by atoms with Gasteiger partial charge < -0.3 is 10.6 Å². The Kier molecular flexibility index (Phi) is 6.11. The van der Waals surface area contributed by atoms with Crippen molar-refractivity contribution in [3.8, 4) is 0 Å². The predicted molar refractivity (Wildman–Crippen MR) is 107 cm³/mol. The Hall–Kier alpha value is -2.41. The zero-order chi connectivity index (χ0) is 19.4. The minimum absolute atomic E-state index is 0.0898. The topological polar surface area (TPSA) is 75.1 Å². The summed E-state index contributed by atoms with van der Waals surface area (Å²) < 4.78 is 1.84. The summed E-state index contributed by atoms with van der Waals surface area (Å²) in [6.45, 7) is 7.89. The van der Waals surface area contributed by atoms with E-state index in [0.29, 0.717) is 17.3 Å². The highest BCUT2D eigenvalue weighted by atomic mass is 16.1. The van der Waals surface area contributed by atoms with Crippen LogP contribution in [0.15, 0.2) is 18.5 Å². The molecule has 0 spiro atoms. The molecule has 3 heterocycles. The van der Waals surface area contributed by atoms with Crippen LogP contribution in [-0.2, 0) is 26.4 Å². The number of carbonyl (C=O) groups excluding carboxylic acids is 1. The van der Waals surface area contributed by atoms with Crippen molar-refractivity contribution < 1.29 is 4.79 Å². The molecule has 3 rings (SSSR count). The first-order valence-electron chi connectivity index (χ1n) is 9.65. The van der Waals surface area contributed by atoms with E-state index in [-0.39, 0.29) is 5.91 Å². The highest BCUT2D eigenvalue weighted by Gasteiger charge is 2.20. The van der Waals surface area contributed by atoms with E-state index in [0.717, 1.165) is 44.7 Å². The quantitative estimate of drug-likeness (QED) is 0.812. The first-order valence-corrected chi connectivity index (χ1v) is 9.65. The van der Waals surface area contributed by atoms with Gasteiger partial charge in [0.2, 0.25) is 0 Å². The second-order valence-corrected chi connectivity index (χ2v) is 7.64. The van der Waals surface area contributed by atoms with Crippen LogP contribution in [0.1, 0.15) is 41.0 Å². The number of rotatable bonds is 6. The smallest absolute Gasteiger partial charge is 0.254 e. The molecule has 0 saturated heterocycles. The van der Waals surface area contributed by atoms with E-state index in [9.17, 15) is 4.79 Å². The van der Waals surface area contributed by atoms with Gasteiger partial charge in [-0.05, 0) is 24.0 Å². The molecule has 0 bridgehead atoms. The lowest BCUT2D eigenvalue weighted by molar-refractivity contribution is 0.0963. The average Bonchev–Trinajstić information content (AvgIpc) is 2.95. The van der Waals surface area contributed by atoms with E-state index in [1.165, 1.54) is 11.1 Å². The van der Waals surface area contributed by atoms with Gasteiger partial charge in [-0.1, -0.05) is 13.8 Å². The van der Waals surface area contributed by atoms with Crippen molar-refractivity contribution >= 4 is 11.7 Å². The molecule has 0 atom stereocenters. The minimum atomic E-state index is -0.0898. The molecule has 0 aliphatic carbocycles. The summed E-state index contributed by atoms with van der Waals surface area (Å²) >= 11 is 0. The average molecular weight is 371 g/mol. The van der Waals surface area contributed by atoms with E-state index in [1.807, 2.05) is 24.0 Å². The highest BCUT2D eigenvalue weighted by Crippen LogP contribution is 2.22. The number of amides is 1. The Morgan fingerprint density at radius 1 is 1.30 bits per heavy atom. The number of carbonyl (C=O) groups is 1. The second-order valence-electron chi connectivity index (χ2n) is 7.64. The van der Waals surface area contributed by atoms with Crippen molar-refractivity contribution in [1.29, 1.82) is 0 Å². The van der Waals surface area contributed by atoms with Crippen molar-refractivity contribution in [2.75, 3.05) is 32.0 Å². The van der Waals surface area contributed by atoms with Crippen LogP contribution in [0.4, 0.5) is 5.82 Å². The van der Waals surface area contributed by atoms with Crippen LogP contribution in [0.5, 0.6) is 0 Å². The molecule has 2 aromatic rings. The number of hydrogen-bond acceptors (Lipinski definition) is 5. The Morgan fingerprint density at radius 3 is 2.74 bits per heavy atom. The molecule has 0 aromatic carbocycles. The van der Waals surface area contributed by atoms with Gasteiger partial charge in [0.25, 0.3) is 5.91 Å². The first kappa shape index (κ1) is 19.4. The Labute approximate surface area is 161 Å². The van der Waals surface area contributed by atoms with Gasteiger partial charge in [0.1, 0.15) is 5.82 Å². The van der Waals surface area contributed by atoms with Gasteiger partial charge in [-0.15, -0.1) is 0 Å². The molecular formula is C20H30N6O. The number of anilines is 1. The number of fused-ring (bicyclic) bond motifs is 1. The molecule has 0 saturated carbocycles. The fourth-order valence-corrected chi connectivity index (χ4v) is 3.39. The first-order chi connectivity index (χ1) is 13.0. The normalized spacial score (nSPS) is 14.7. The minimum Gasteiger partial charge on any atom is -0.369 e. The molecule has 0 radical (unpaired) electrons. The Morgan fingerprint density at radius 2 is 2.07 bits per heavy atom. The monoisotopic (exact) mass is 370 g/mol. The van der Waals surface area contributed by atoms with Crippen LogP contribution in [0.3, 0.4) is 0 Å². The third kappa shape index (κ3) is 4.86. The van der Waals surface area contributed by atoms with Crippen molar-refractivity contribution in [1.82, 2.24) is 25.0 Å². The number of pyridine rings is 1. The van der Waals surface area contributed by atoms with Crippen LogP contribution in [0, 0.1) is 5.92 Å². The molecule has 1 aliphatic rings. The summed E-state index contributed by atoms with van der Waals surface area (Å²) in [5.74, 6) is 1.09. The molecule has 2 N–H and O–H groups in total. The van der Waals surface area contributed by atoms with Gasteiger partial charge >= 0.3 is 0 Å². The maximum absolute atomic E-state index is 12.3. The Balaban J connectivity index is 1.78. The highest BCUT2D eigenvalue weighted by molar-refractivity contribution is 5.98. The van der Waals surface area contributed by atoms with E-state index in [4.69, 9.17) is 4.98 Å². The number of nitrogens with zero attached hydrogens (tertiary/aromatic N) is 4. The van der Waals surface area contributed by atoms with E-state index in [1.54, 1.807) is 7.05 Å². The second kappa shape index (κ2) is 8.52. The van der Waals surface area contributed by atoms with Crippen molar-refractivity contribution in [3.05, 3.63) is 40.8 Å². The summed E-state index contributed by atoms with van der Waals surface area (Å²) in [4.78, 5) is 19.6. The number of hydrogen-bond donors (Lipinski definition) is 2. The molecule has 0 unspecified atom stereocenters. The molecule has 1 amide bonds. The van der Waals surface area contributed by atoms with Gasteiger partial charge in [-0.25, -0.2) is 4.98 Å². The molecular weight excluding hydrogens is 340 g/mol. The molecule has 2 aromatic heterocycles. The molecule has 0 fully saturated rings. The van der Waals surface area contributed by atoms with Crippen LogP contribution in [-0.4, -0.2) is 52.3 Å². The standard InChI is InChI=1S/C20H30N6O/c1-14(2)10-22-19-17(20(27)21-3)9-16-5-7-26(8-6-18(16)24-19)13-15-11-23-25(4)12-15/h9,11-12,14H,5-8,10,13H2,1-4H3,(H,21,27)(H,22,24). The molecule has 27 heavy (non-hydrogen) atoms. The van der Waals surface area contributed by atoms with Crippen molar-refractivity contribution in [2.24, 2.45) is 13.0 Å². The zero-order valence-corrected chi connectivity index (χ0v) is 16.7. The zero-order valence-electron chi connectivity index (χ0n) is 16.7. The van der Waals surface area contributed by atoms with Gasteiger partial charge in [0.05, 0.1) is 11.8 Å². The summed E-state index contributed by atoms with van der Waals surface area (Å²) in [6, 6.07) is 2.03. The summed E-state index contributed by atoms with van der Waals surface area (Å²) in [5.41, 5.74) is 4.14. The fraction of sp³-hybridized carbons (Fsp3) is 0.550. The number of nitrogens with one attached hydrogen (secondary N) is 2. The lowest BCUT2D eigenvalue weighted by Gasteiger charge is -2.18. The molecule has 7 nitrogen and oxygen atoms in total. The molecule has 7 heteroatoms. The van der Waals surface area contributed by atoms with E-state index in [2.05, 4.69) is 40.7 Å². The summed E-state index contributed by atoms with van der Waals surface area (Å²) in [5, 5.41) is 10.3. The van der Waals surface area contributed by atoms with Crippen molar-refractivity contribution in [3.63, 3.8) is 0 Å². The predicted octanol–water partition coefficient (Wildman–Crippen LogP) is 1.84. The van der Waals surface area contributed by atoms with Crippen LogP contribution < -0.4 is 10.6 Å². The van der Waals surface area contributed by atoms with Gasteiger partial charge in [0.15, 0.2) is 0 Å². The van der Waals surface area contributed by atoms with Gasteiger partial charge in [0, 0.05) is 64.1 Å².